The van der Waals surface area contributed by atoms with Crippen LogP contribution in [0.15, 0.2) is 49.3 Å². The number of rotatable bonds is 5. The van der Waals surface area contributed by atoms with Gasteiger partial charge in [0.2, 0.25) is 5.91 Å². The number of carbonyl (C=O) groups is 1. The summed E-state index contributed by atoms with van der Waals surface area (Å²) in [6, 6.07) is 8.44. The van der Waals surface area contributed by atoms with Crippen molar-refractivity contribution < 1.29 is 4.79 Å². The van der Waals surface area contributed by atoms with E-state index >= 15 is 0 Å². The summed E-state index contributed by atoms with van der Waals surface area (Å²) in [5.74, 6) is 1.33. The first-order valence-corrected chi connectivity index (χ1v) is 11.0. The summed E-state index contributed by atoms with van der Waals surface area (Å²) >= 11 is 0. The fourth-order valence-electron chi connectivity index (χ4n) is 5.01. The van der Waals surface area contributed by atoms with Crippen molar-refractivity contribution in [3.63, 3.8) is 0 Å². The van der Waals surface area contributed by atoms with Crippen molar-refractivity contribution in [2.75, 3.05) is 18.0 Å². The Hall–Kier alpha value is -3.75. The van der Waals surface area contributed by atoms with Crippen LogP contribution in [-0.4, -0.2) is 48.7 Å². The normalized spacial score (nSPS) is 19.7. The molecule has 2 unspecified atom stereocenters. The molecule has 0 fully saturated rings. The quantitative estimate of drug-likeness (QED) is 0.506. The van der Waals surface area contributed by atoms with E-state index in [-0.39, 0.29) is 11.8 Å². The first kappa shape index (κ1) is 19.0. The van der Waals surface area contributed by atoms with Crippen LogP contribution >= 0.6 is 0 Å². The highest BCUT2D eigenvalue weighted by Gasteiger charge is 2.31. The van der Waals surface area contributed by atoms with Crippen LogP contribution in [0.2, 0.25) is 0 Å². The summed E-state index contributed by atoms with van der Waals surface area (Å²) < 4.78 is 2.09. The van der Waals surface area contributed by atoms with Crippen molar-refractivity contribution in [3.05, 3.63) is 60.6 Å². The van der Waals surface area contributed by atoms with Gasteiger partial charge in [0.05, 0.1) is 23.8 Å². The standard InChI is InChI=1S/C23H24N8O/c32-23(16-5-6-17-9-24-14-30(17)11-16)25-8-7-15-12-31(20-4-2-1-3-18(15)20)22-19-10-28-29-21(19)26-13-27-22/h1-4,9-10,13-16H,5-8,11-12H2,(H,25,32)(H,26,27,28,29). The molecule has 3 aromatic heterocycles. The number of carbonyl (C=O) groups excluding carboxylic acids is 1. The Morgan fingerprint density at radius 1 is 1.19 bits per heavy atom. The van der Waals surface area contributed by atoms with Gasteiger partial charge in [0, 0.05) is 43.1 Å². The molecule has 2 atom stereocenters. The second-order valence-corrected chi connectivity index (χ2v) is 8.55. The van der Waals surface area contributed by atoms with E-state index in [0.29, 0.717) is 12.5 Å². The lowest BCUT2D eigenvalue weighted by Crippen LogP contribution is -2.36. The molecule has 0 saturated carbocycles. The number of anilines is 2. The van der Waals surface area contributed by atoms with E-state index in [4.69, 9.17) is 0 Å². The highest BCUT2D eigenvalue weighted by atomic mass is 16.1. The van der Waals surface area contributed by atoms with Crippen LogP contribution in [0.3, 0.4) is 0 Å². The number of benzene rings is 1. The Morgan fingerprint density at radius 3 is 3.09 bits per heavy atom. The number of aromatic nitrogens is 6. The summed E-state index contributed by atoms with van der Waals surface area (Å²) in [6.07, 6.45) is 9.73. The first-order chi connectivity index (χ1) is 15.8. The molecule has 6 rings (SSSR count). The molecule has 162 valence electrons. The van der Waals surface area contributed by atoms with Gasteiger partial charge in [-0.2, -0.15) is 5.10 Å². The molecule has 2 N–H and O–H groups in total. The number of imidazole rings is 1. The zero-order chi connectivity index (χ0) is 21.5. The lowest BCUT2D eigenvalue weighted by molar-refractivity contribution is -0.125. The van der Waals surface area contributed by atoms with Crippen LogP contribution in [0.5, 0.6) is 0 Å². The number of fused-ring (bicyclic) bond motifs is 3. The summed E-state index contributed by atoms with van der Waals surface area (Å²) in [7, 11) is 0. The Balaban J connectivity index is 1.14. The monoisotopic (exact) mass is 428 g/mol. The van der Waals surface area contributed by atoms with Crippen LogP contribution in [0.25, 0.3) is 11.0 Å². The number of aromatic amines is 1. The Morgan fingerprint density at radius 2 is 2.12 bits per heavy atom. The molecule has 0 spiro atoms. The van der Waals surface area contributed by atoms with Crippen molar-refractivity contribution in [1.29, 1.82) is 0 Å². The lowest BCUT2D eigenvalue weighted by atomic mass is 9.96. The van der Waals surface area contributed by atoms with Crippen molar-refractivity contribution in [1.82, 2.24) is 35.0 Å². The van der Waals surface area contributed by atoms with Crippen molar-refractivity contribution >= 4 is 28.4 Å². The molecule has 32 heavy (non-hydrogen) atoms. The summed E-state index contributed by atoms with van der Waals surface area (Å²) in [5, 5.41) is 11.1. The third kappa shape index (κ3) is 3.21. The highest BCUT2D eigenvalue weighted by molar-refractivity contribution is 5.90. The molecule has 9 nitrogen and oxygen atoms in total. The molecule has 1 amide bonds. The fraction of sp³-hybridized carbons (Fsp3) is 0.348. The fourth-order valence-corrected chi connectivity index (χ4v) is 5.01. The predicted molar refractivity (Wildman–Crippen MR) is 120 cm³/mol. The van der Waals surface area contributed by atoms with Gasteiger partial charge >= 0.3 is 0 Å². The van der Waals surface area contributed by atoms with Gasteiger partial charge < -0.3 is 14.8 Å². The van der Waals surface area contributed by atoms with Gasteiger partial charge in [-0.25, -0.2) is 15.0 Å². The maximum absolute atomic E-state index is 12.8. The molecule has 0 radical (unpaired) electrons. The van der Waals surface area contributed by atoms with Crippen LogP contribution in [-0.2, 0) is 17.8 Å². The molecule has 0 saturated heterocycles. The van der Waals surface area contributed by atoms with E-state index < -0.39 is 0 Å². The van der Waals surface area contributed by atoms with Gasteiger partial charge in [0.25, 0.3) is 0 Å². The molecule has 5 heterocycles. The minimum atomic E-state index is 0.0134. The smallest absolute Gasteiger partial charge is 0.224 e. The maximum Gasteiger partial charge on any atom is 0.224 e. The zero-order valence-corrected chi connectivity index (χ0v) is 17.6. The van der Waals surface area contributed by atoms with Crippen LogP contribution in [0.1, 0.15) is 30.0 Å². The van der Waals surface area contributed by atoms with E-state index in [0.717, 1.165) is 54.9 Å². The van der Waals surface area contributed by atoms with Gasteiger partial charge in [-0.05, 0) is 30.9 Å². The minimum absolute atomic E-state index is 0.0134. The second-order valence-electron chi connectivity index (χ2n) is 8.55. The SMILES string of the molecule is O=C(NCCC1CN(c2ncnc3[nH]ncc23)c2ccccc21)C1CCc2cncn2C1. The van der Waals surface area contributed by atoms with Crippen LogP contribution in [0.4, 0.5) is 11.5 Å². The third-order valence-electron chi connectivity index (χ3n) is 6.68. The van der Waals surface area contributed by atoms with Crippen LogP contribution < -0.4 is 10.2 Å². The number of hydrogen-bond donors (Lipinski definition) is 2. The number of aryl methyl sites for hydroxylation is 1. The molecular formula is C23H24N8O. The van der Waals surface area contributed by atoms with Crippen molar-refractivity contribution in [3.8, 4) is 0 Å². The third-order valence-corrected chi connectivity index (χ3v) is 6.68. The van der Waals surface area contributed by atoms with Gasteiger partial charge in [0.1, 0.15) is 12.1 Å². The lowest BCUT2D eigenvalue weighted by Gasteiger charge is -2.23. The van der Waals surface area contributed by atoms with E-state index in [9.17, 15) is 4.79 Å². The van der Waals surface area contributed by atoms with E-state index in [1.807, 2.05) is 12.5 Å². The summed E-state index contributed by atoms with van der Waals surface area (Å²) in [5.41, 5.74) is 4.40. The average molecular weight is 429 g/mol. The number of para-hydroxylation sites is 1. The predicted octanol–water partition coefficient (Wildman–Crippen LogP) is 2.55. The molecule has 4 aromatic rings. The van der Waals surface area contributed by atoms with Crippen LogP contribution in [0, 0.1) is 5.92 Å². The highest BCUT2D eigenvalue weighted by Crippen LogP contribution is 2.42. The first-order valence-electron chi connectivity index (χ1n) is 11.0. The summed E-state index contributed by atoms with van der Waals surface area (Å²) in [6.45, 7) is 2.19. The van der Waals surface area contributed by atoms with Gasteiger partial charge in [-0.3, -0.25) is 9.89 Å². The Kier molecular flexibility index (Phi) is 4.59. The number of H-pyrrole nitrogens is 1. The minimum Gasteiger partial charge on any atom is -0.356 e. The molecular weight excluding hydrogens is 404 g/mol. The summed E-state index contributed by atoms with van der Waals surface area (Å²) in [4.78, 5) is 28.0. The van der Waals surface area contributed by atoms with Crippen molar-refractivity contribution in [2.45, 2.75) is 31.7 Å². The molecule has 1 aromatic carbocycles. The maximum atomic E-state index is 12.8. The Labute approximate surface area is 184 Å². The number of amides is 1. The number of nitrogens with zero attached hydrogens (tertiary/aromatic N) is 6. The largest absolute Gasteiger partial charge is 0.356 e. The van der Waals surface area contributed by atoms with E-state index in [2.05, 4.69) is 64.2 Å². The molecule has 0 bridgehead atoms. The number of nitrogens with one attached hydrogen (secondary N) is 2. The number of hydrogen-bond acceptors (Lipinski definition) is 6. The Bertz CT molecular complexity index is 1280. The van der Waals surface area contributed by atoms with E-state index in [1.54, 1.807) is 12.5 Å². The molecule has 0 aliphatic carbocycles. The molecule has 2 aliphatic heterocycles. The zero-order valence-electron chi connectivity index (χ0n) is 17.6. The van der Waals surface area contributed by atoms with Gasteiger partial charge in [0.15, 0.2) is 5.65 Å². The van der Waals surface area contributed by atoms with Crippen molar-refractivity contribution in [2.24, 2.45) is 5.92 Å². The molecule has 2 aliphatic rings. The molecule has 9 heteroatoms. The van der Waals surface area contributed by atoms with E-state index in [1.165, 1.54) is 11.3 Å². The second kappa shape index (κ2) is 7.74. The average Bonchev–Trinajstić information content (AvgIpc) is 3.56. The van der Waals surface area contributed by atoms with Gasteiger partial charge in [-0.15, -0.1) is 0 Å². The van der Waals surface area contributed by atoms with Gasteiger partial charge in [-0.1, -0.05) is 18.2 Å². The topological polar surface area (TPSA) is 105 Å².